The van der Waals surface area contributed by atoms with Crippen LogP contribution < -0.4 is 0 Å². The predicted octanol–water partition coefficient (Wildman–Crippen LogP) is 2.92. The SMILES string of the molecule is C=C(C(=O)OC(C)(C)C)[C@@H](Cc1ccccc1)C(=O)OC. The molecule has 0 aromatic heterocycles. The Balaban J connectivity index is 2.90. The van der Waals surface area contributed by atoms with Gasteiger partial charge in [-0.1, -0.05) is 36.9 Å². The van der Waals surface area contributed by atoms with Gasteiger partial charge in [-0.05, 0) is 32.8 Å². The Morgan fingerprint density at radius 3 is 2.24 bits per heavy atom. The first kappa shape index (κ1) is 17.0. The van der Waals surface area contributed by atoms with Gasteiger partial charge in [0, 0.05) is 5.57 Å². The molecule has 0 amide bonds. The van der Waals surface area contributed by atoms with Gasteiger partial charge in [0.25, 0.3) is 0 Å². The Labute approximate surface area is 125 Å². The molecule has 1 aromatic carbocycles. The highest BCUT2D eigenvalue weighted by Crippen LogP contribution is 2.21. The van der Waals surface area contributed by atoms with Crippen molar-refractivity contribution in [3.63, 3.8) is 0 Å². The van der Waals surface area contributed by atoms with Gasteiger partial charge < -0.3 is 9.47 Å². The van der Waals surface area contributed by atoms with Crippen LogP contribution in [0, 0.1) is 5.92 Å². The van der Waals surface area contributed by atoms with E-state index in [1.807, 2.05) is 30.3 Å². The smallest absolute Gasteiger partial charge is 0.334 e. The molecule has 0 aliphatic heterocycles. The minimum absolute atomic E-state index is 0.112. The third-order valence-electron chi connectivity index (χ3n) is 2.85. The molecular weight excluding hydrogens is 268 g/mol. The average Bonchev–Trinajstić information content (AvgIpc) is 2.42. The zero-order chi connectivity index (χ0) is 16.0. The van der Waals surface area contributed by atoms with Crippen molar-refractivity contribution in [2.45, 2.75) is 32.8 Å². The van der Waals surface area contributed by atoms with Crippen LogP contribution in [0.1, 0.15) is 26.3 Å². The Hall–Kier alpha value is -2.10. The van der Waals surface area contributed by atoms with Crippen LogP contribution in [0.25, 0.3) is 0 Å². The fraction of sp³-hybridized carbons (Fsp3) is 0.412. The van der Waals surface area contributed by atoms with E-state index >= 15 is 0 Å². The summed E-state index contributed by atoms with van der Waals surface area (Å²) in [7, 11) is 1.29. The third kappa shape index (κ3) is 5.42. The Bertz CT molecular complexity index is 511. The third-order valence-corrected chi connectivity index (χ3v) is 2.85. The van der Waals surface area contributed by atoms with Gasteiger partial charge in [0.15, 0.2) is 0 Å². The van der Waals surface area contributed by atoms with Crippen LogP contribution in [-0.4, -0.2) is 24.6 Å². The van der Waals surface area contributed by atoms with Crippen molar-refractivity contribution in [3.8, 4) is 0 Å². The van der Waals surface area contributed by atoms with Crippen molar-refractivity contribution in [1.82, 2.24) is 0 Å². The number of esters is 2. The molecule has 0 bridgehead atoms. The summed E-state index contributed by atoms with van der Waals surface area (Å²) in [6.45, 7) is 9.03. The molecule has 21 heavy (non-hydrogen) atoms. The van der Waals surface area contributed by atoms with Crippen molar-refractivity contribution < 1.29 is 19.1 Å². The summed E-state index contributed by atoms with van der Waals surface area (Å²) in [4.78, 5) is 24.0. The highest BCUT2D eigenvalue weighted by molar-refractivity contribution is 5.95. The first-order valence-electron chi connectivity index (χ1n) is 6.78. The van der Waals surface area contributed by atoms with Crippen molar-refractivity contribution >= 4 is 11.9 Å². The van der Waals surface area contributed by atoms with Gasteiger partial charge in [-0.15, -0.1) is 0 Å². The number of benzene rings is 1. The molecule has 0 heterocycles. The summed E-state index contributed by atoms with van der Waals surface area (Å²) < 4.78 is 10.0. The lowest BCUT2D eigenvalue weighted by Gasteiger charge is -2.23. The van der Waals surface area contributed by atoms with Crippen molar-refractivity contribution in [2.75, 3.05) is 7.11 Å². The number of carbonyl (C=O) groups excluding carboxylic acids is 2. The topological polar surface area (TPSA) is 52.6 Å². The van der Waals surface area contributed by atoms with Crippen LogP contribution in [0.5, 0.6) is 0 Å². The molecule has 0 aliphatic carbocycles. The molecule has 0 spiro atoms. The summed E-state index contributed by atoms with van der Waals surface area (Å²) in [6.07, 6.45) is 0.353. The zero-order valence-corrected chi connectivity index (χ0v) is 13.0. The lowest BCUT2D eigenvalue weighted by molar-refractivity contribution is -0.154. The summed E-state index contributed by atoms with van der Waals surface area (Å²) >= 11 is 0. The molecule has 0 radical (unpaired) electrons. The maximum absolute atomic E-state index is 12.1. The van der Waals surface area contributed by atoms with E-state index in [0.29, 0.717) is 6.42 Å². The highest BCUT2D eigenvalue weighted by atomic mass is 16.6. The molecule has 0 N–H and O–H groups in total. The fourth-order valence-electron chi connectivity index (χ4n) is 1.83. The first-order valence-corrected chi connectivity index (χ1v) is 6.78. The number of ether oxygens (including phenoxy) is 2. The molecule has 114 valence electrons. The second kappa shape index (κ2) is 7.07. The minimum Gasteiger partial charge on any atom is -0.469 e. The van der Waals surface area contributed by atoms with Crippen LogP contribution in [0.2, 0.25) is 0 Å². The van der Waals surface area contributed by atoms with E-state index in [9.17, 15) is 9.59 Å². The van der Waals surface area contributed by atoms with E-state index in [1.165, 1.54) is 7.11 Å². The van der Waals surface area contributed by atoms with E-state index in [4.69, 9.17) is 9.47 Å². The number of hydrogen-bond acceptors (Lipinski definition) is 4. The molecule has 1 aromatic rings. The van der Waals surface area contributed by atoms with Gasteiger partial charge in [-0.2, -0.15) is 0 Å². The molecule has 4 nitrogen and oxygen atoms in total. The van der Waals surface area contributed by atoms with Gasteiger partial charge >= 0.3 is 11.9 Å². The largest absolute Gasteiger partial charge is 0.469 e. The Morgan fingerprint density at radius 2 is 1.76 bits per heavy atom. The predicted molar refractivity (Wildman–Crippen MR) is 80.6 cm³/mol. The fourth-order valence-corrected chi connectivity index (χ4v) is 1.83. The summed E-state index contributed by atoms with van der Waals surface area (Å²) in [5.41, 5.74) is 0.409. The van der Waals surface area contributed by atoms with E-state index in [2.05, 4.69) is 6.58 Å². The van der Waals surface area contributed by atoms with Crippen molar-refractivity contribution in [2.24, 2.45) is 5.92 Å². The lowest BCUT2D eigenvalue weighted by Crippen LogP contribution is -2.30. The second-order valence-electron chi connectivity index (χ2n) is 5.79. The standard InChI is InChI=1S/C17H22O4/c1-12(15(18)21-17(2,3)4)14(16(19)20-5)11-13-9-7-6-8-10-13/h6-10,14H,1,11H2,2-5H3/t14-/m1/s1. The van der Waals surface area contributed by atoms with Gasteiger partial charge in [-0.25, -0.2) is 4.79 Å². The molecule has 0 unspecified atom stereocenters. The van der Waals surface area contributed by atoms with E-state index in [-0.39, 0.29) is 5.57 Å². The molecule has 0 fully saturated rings. The summed E-state index contributed by atoms with van der Waals surface area (Å²) in [6, 6.07) is 9.41. The molecular formula is C17H22O4. The summed E-state index contributed by atoms with van der Waals surface area (Å²) in [5.74, 6) is -1.81. The molecule has 1 atom stereocenters. The summed E-state index contributed by atoms with van der Waals surface area (Å²) in [5, 5.41) is 0. The van der Waals surface area contributed by atoms with Crippen LogP contribution in [0.4, 0.5) is 0 Å². The van der Waals surface area contributed by atoms with Crippen molar-refractivity contribution in [3.05, 3.63) is 48.0 Å². The minimum atomic E-state index is -0.743. The molecule has 0 saturated carbocycles. The lowest BCUT2D eigenvalue weighted by atomic mass is 9.92. The van der Waals surface area contributed by atoms with E-state index in [1.54, 1.807) is 20.8 Å². The van der Waals surface area contributed by atoms with E-state index < -0.39 is 23.5 Å². The molecule has 4 heteroatoms. The molecule has 0 aliphatic rings. The first-order chi connectivity index (χ1) is 9.74. The number of carbonyl (C=O) groups is 2. The van der Waals surface area contributed by atoms with Crippen LogP contribution in [0.15, 0.2) is 42.5 Å². The number of rotatable bonds is 5. The molecule has 0 saturated heterocycles. The van der Waals surface area contributed by atoms with E-state index in [0.717, 1.165) is 5.56 Å². The quantitative estimate of drug-likeness (QED) is 0.618. The van der Waals surface area contributed by atoms with Gasteiger partial charge in [0.2, 0.25) is 0 Å². The highest BCUT2D eigenvalue weighted by Gasteiger charge is 2.30. The second-order valence-corrected chi connectivity index (χ2v) is 5.79. The Kier molecular flexibility index (Phi) is 5.70. The monoisotopic (exact) mass is 290 g/mol. The van der Waals surface area contributed by atoms with Gasteiger partial charge in [-0.3, -0.25) is 4.79 Å². The number of hydrogen-bond donors (Lipinski definition) is 0. The maximum atomic E-state index is 12.1. The normalized spacial score (nSPS) is 12.4. The molecule has 1 rings (SSSR count). The Morgan fingerprint density at radius 1 is 1.19 bits per heavy atom. The zero-order valence-electron chi connectivity index (χ0n) is 13.0. The van der Waals surface area contributed by atoms with Gasteiger partial charge in [0.1, 0.15) is 5.60 Å². The number of methoxy groups -OCH3 is 1. The van der Waals surface area contributed by atoms with Crippen molar-refractivity contribution in [1.29, 1.82) is 0 Å². The average molecular weight is 290 g/mol. The maximum Gasteiger partial charge on any atom is 0.334 e. The van der Waals surface area contributed by atoms with Crippen LogP contribution in [-0.2, 0) is 25.5 Å². The van der Waals surface area contributed by atoms with Gasteiger partial charge in [0.05, 0.1) is 13.0 Å². The van der Waals surface area contributed by atoms with Crippen LogP contribution >= 0.6 is 0 Å². The van der Waals surface area contributed by atoms with Crippen LogP contribution in [0.3, 0.4) is 0 Å².